The summed E-state index contributed by atoms with van der Waals surface area (Å²) >= 11 is 5.96. The Morgan fingerprint density at radius 1 is 1.04 bits per heavy atom. The fraction of sp³-hybridized carbons (Fsp3) is 0.0714. The van der Waals surface area contributed by atoms with E-state index in [2.05, 4.69) is 5.32 Å². The number of anilines is 1. The van der Waals surface area contributed by atoms with Gasteiger partial charge in [-0.05, 0) is 36.4 Å². The van der Waals surface area contributed by atoms with Gasteiger partial charge in [0, 0.05) is 11.9 Å². The Labute approximate surface area is 144 Å². The molecule has 0 fully saturated rings. The van der Waals surface area contributed by atoms with Crippen LogP contribution in [0.5, 0.6) is 0 Å². The zero-order valence-electron chi connectivity index (χ0n) is 12.4. The van der Waals surface area contributed by atoms with Gasteiger partial charge in [-0.2, -0.15) is 0 Å². The Morgan fingerprint density at radius 3 is 2.25 bits per heavy atom. The average Bonchev–Trinajstić information content (AvgIpc) is 2.45. The van der Waals surface area contributed by atoms with Gasteiger partial charge in [0.15, 0.2) is 9.84 Å². The van der Waals surface area contributed by atoms with Crippen LogP contribution < -0.4 is 10.5 Å². The first-order valence-electron chi connectivity index (χ1n) is 6.42. The van der Waals surface area contributed by atoms with E-state index in [1.54, 1.807) is 0 Å². The lowest BCUT2D eigenvalue weighted by molar-refractivity contribution is 0.102. The lowest BCUT2D eigenvalue weighted by Gasteiger charge is -2.09. The SMILES string of the molecule is CS(=O)(=O)c1ccc(C(=O)Nc2cccc(S(N)(=O)=O)c2)c(Cl)c1. The lowest BCUT2D eigenvalue weighted by Crippen LogP contribution is -2.15. The third kappa shape index (κ3) is 4.32. The Balaban J connectivity index is 2.31. The highest BCUT2D eigenvalue weighted by Gasteiger charge is 2.16. The maximum absolute atomic E-state index is 12.2. The molecule has 0 aliphatic carbocycles. The molecule has 2 rings (SSSR count). The maximum atomic E-state index is 12.2. The number of sulfone groups is 1. The summed E-state index contributed by atoms with van der Waals surface area (Å²) in [5, 5.41) is 7.46. The summed E-state index contributed by atoms with van der Waals surface area (Å²) < 4.78 is 45.5. The Morgan fingerprint density at radius 2 is 1.71 bits per heavy atom. The highest BCUT2D eigenvalue weighted by Crippen LogP contribution is 2.22. The van der Waals surface area contributed by atoms with Crippen molar-refractivity contribution in [2.24, 2.45) is 5.14 Å². The molecule has 24 heavy (non-hydrogen) atoms. The fourth-order valence-corrected chi connectivity index (χ4v) is 3.40. The molecule has 0 aliphatic heterocycles. The second-order valence-electron chi connectivity index (χ2n) is 4.94. The number of rotatable bonds is 4. The highest BCUT2D eigenvalue weighted by molar-refractivity contribution is 7.90. The van der Waals surface area contributed by atoms with E-state index in [1.807, 2.05) is 0 Å². The van der Waals surface area contributed by atoms with Crippen LogP contribution in [0.15, 0.2) is 52.3 Å². The Kier molecular flexibility index (Phi) is 5.00. The zero-order valence-corrected chi connectivity index (χ0v) is 14.7. The van der Waals surface area contributed by atoms with Crippen LogP contribution in [0.1, 0.15) is 10.4 Å². The van der Waals surface area contributed by atoms with Gasteiger partial charge in [0.2, 0.25) is 10.0 Å². The third-order valence-electron chi connectivity index (χ3n) is 3.03. The minimum absolute atomic E-state index is 0.0136. The monoisotopic (exact) mass is 388 g/mol. The smallest absolute Gasteiger partial charge is 0.257 e. The first-order chi connectivity index (χ1) is 11.0. The molecule has 0 heterocycles. The van der Waals surface area contributed by atoms with Crippen LogP contribution in [-0.4, -0.2) is 29.0 Å². The molecule has 128 valence electrons. The first kappa shape index (κ1) is 18.4. The number of benzene rings is 2. The largest absolute Gasteiger partial charge is 0.322 e. The second kappa shape index (κ2) is 6.52. The van der Waals surface area contributed by atoms with Crippen molar-refractivity contribution in [1.29, 1.82) is 0 Å². The van der Waals surface area contributed by atoms with Gasteiger partial charge in [-0.3, -0.25) is 4.79 Å². The van der Waals surface area contributed by atoms with Crippen molar-refractivity contribution >= 4 is 43.1 Å². The molecule has 2 aromatic rings. The van der Waals surface area contributed by atoms with Crippen LogP contribution >= 0.6 is 11.6 Å². The van der Waals surface area contributed by atoms with E-state index in [-0.39, 0.29) is 26.1 Å². The molecular weight excluding hydrogens is 376 g/mol. The van der Waals surface area contributed by atoms with Crippen LogP contribution in [0.2, 0.25) is 5.02 Å². The molecule has 1 amide bonds. The molecule has 2 aromatic carbocycles. The molecule has 0 saturated carbocycles. The van der Waals surface area contributed by atoms with E-state index in [9.17, 15) is 21.6 Å². The molecule has 0 aliphatic rings. The predicted molar refractivity (Wildman–Crippen MR) is 90.3 cm³/mol. The third-order valence-corrected chi connectivity index (χ3v) is 5.37. The number of nitrogens with two attached hydrogens (primary N) is 1. The topological polar surface area (TPSA) is 123 Å². The molecule has 7 nitrogen and oxygen atoms in total. The average molecular weight is 389 g/mol. The van der Waals surface area contributed by atoms with E-state index >= 15 is 0 Å². The minimum Gasteiger partial charge on any atom is -0.322 e. The van der Waals surface area contributed by atoms with E-state index in [0.29, 0.717) is 0 Å². The van der Waals surface area contributed by atoms with Crippen molar-refractivity contribution in [1.82, 2.24) is 0 Å². The molecule has 0 unspecified atom stereocenters. The number of hydrogen-bond donors (Lipinski definition) is 2. The van der Waals surface area contributed by atoms with Crippen molar-refractivity contribution < 1.29 is 21.6 Å². The van der Waals surface area contributed by atoms with Gasteiger partial charge >= 0.3 is 0 Å². The number of carbonyl (C=O) groups is 1. The molecule has 3 N–H and O–H groups in total. The highest BCUT2D eigenvalue weighted by atomic mass is 35.5. The summed E-state index contributed by atoms with van der Waals surface area (Å²) in [7, 11) is -7.35. The molecule has 0 bridgehead atoms. The fourth-order valence-electron chi connectivity index (χ4n) is 1.86. The molecule has 0 atom stereocenters. The normalized spacial score (nSPS) is 12.0. The van der Waals surface area contributed by atoms with Crippen molar-refractivity contribution in [3.63, 3.8) is 0 Å². The maximum Gasteiger partial charge on any atom is 0.257 e. The van der Waals surface area contributed by atoms with E-state index in [1.165, 1.54) is 42.5 Å². The number of halogens is 1. The minimum atomic E-state index is -3.90. The van der Waals surface area contributed by atoms with Gasteiger partial charge in [0.1, 0.15) is 0 Å². The quantitative estimate of drug-likeness (QED) is 0.824. The van der Waals surface area contributed by atoms with E-state index in [0.717, 1.165) is 6.26 Å². The Bertz CT molecular complexity index is 1020. The zero-order chi connectivity index (χ0) is 18.1. The van der Waals surface area contributed by atoms with Crippen molar-refractivity contribution in [2.75, 3.05) is 11.6 Å². The molecular formula is C14H13ClN2O5S2. The van der Waals surface area contributed by atoms with Gasteiger partial charge in [-0.15, -0.1) is 0 Å². The lowest BCUT2D eigenvalue weighted by atomic mass is 10.2. The van der Waals surface area contributed by atoms with Crippen molar-refractivity contribution in [2.45, 2.75) is 9.79 Å². The summed E-state index contributed by atoms with van der Waals surface area (Å²) in [6.07, 6.45) is 1.02. The first-order valence-corrected chi connectivity index (χ1v) is 10.2. The second-order valence-corrected chi connectivity index (χ2v) is 8.93. The molecule has 0 aromatic heterocycles. The summed E-state index contributed by atoms with van der Waals surface area (Å²) in [5.74, 6) is -0.619. The van der Waals surface area contributed by atoms with Gasteiger partial charge in [-0.1, -0.05) is 17.7 Å². The number of primary sulfonamides is 1. The summed E-state index contributed by atoms with van der Waals surface area (Å²) in [4.78, 5) is 12.1. The van der Waals surface area contributed by atoms with Crippen molar-refractivity contribution in [3.8, 4) is 0 Å². The Hall–Kier alpha value is -1.94. The van der Waals surface area contributed by atoms with E-state index < -0.39 is 25.8 Å². The van der Waals surface area contributed by atoms with Crippen LogP contribution in [0.3, 0.4) is 0 Å². The van der Waals surface area contributed by atoms with Gasteiger partial charge in [0.25, 0.3) is 5.91 Å². The molecule has 10 heteroatoms. The van der Waals surface area contributed by atoms with Crippen LogP contribution in [0.25, 0.3) is 0 Å². The van der Waals surface area contributed by atoms with Gasteiger partial charge in [0.05, 0.1) is 20.4 Å². The number of hydrogen-bond acceptors (Lipinski definition) is 5. The summed E-state index contributed by atoms with van der Waals surface area (Å²) in [5.41, 5.74) is 0.250. The number of nitrogens with one attached hydrogen (secondary N) is 1. The number of sulfonamides is 1. The van der Waals surface area contributed by atoms with Gasteiger partial charge < -0.3 is 5.32 Å². The number of amides is 1. The van der Waals surface area contributed by atoms with Crippen LogP contribution in [0.4, 0.5) is 5.69 Å². The van der Waals surface area contributed by atoms with Gasteiger partial charge in [-0.25, -0.2) is 22.0 Å². The standard InChI is InChI=1S/C14H13ClN2O5S2/c1-23(19,20)10-5-6-12(13(15)8-10)14(18)17-9-3-2-4-11(7-9)24(16,21)22/h2-8H,1H3,(H,17,18)(H2,16,21,22). The van der Waals surface area contributed by atoms with Crippen LogP contribution in [-0.2, 0) is 19.9 Å². The molecule has 0 spiro atoms. The predicted octanol–water partition coefficient (Wildman–Crippen LogP) is 1.64. The molecule has 0 saturated heterocycles. The van der Waals surface area contributed by atoms with Crippen LogP contribution in [0, 0.1) is 0 Å². The van der Waals surface area contributed by atoms with E-state index in [4.69, 9.17) is 16.7 Å². The summed E-state index contributed by atoms with van der Waals surface area (Å²) in [6, 6.07) is 9.10. The molecule has 0 radical (unpaired) electrons. The van der Waals surface area contributed by atoms with Crippen molar-refractivity contribution in [3.05, 3.63) is 53.1 Å². The number of carbonyl (C=O) groups excluding carboxylic acids is 1. The summed E-state index contributed by atoms with van der Waals surface area (Å²) in [6.45, 7) is 0.